The van der Waals surface area contributed by atoms with Gasteiger partial charge in [0.15, 0.2) is 5.75 Å². The van der Waals surface area contributed by atoms with Crippen LogP contribution >= 0.6 is 11.6 Å². The molecule has 1 aromatic carbocycles. The molecule has 0 atom stereocenters. The highest BCUT2D eigenvalue weighted by molar-refractivity contribution is 6.18. The number of nitro groups is 1. The molecule has 1 N–H and O–H groups in total. The molecular formula is C10H11ClN2O5. The molecule has 0 saturated carbocycles. The monoisotopic (exact) mass is 274 g/mol. The summed E-state index contributed by atoms with van der Waals surface area (Å²) < 4.78 is 9.50. The van der Waals surface area contributed by atoms with Gasteiger partial charge in [0, 0.05) is 6.07 Å². The molecule has 18 heavy (non-hydrogen) atoms. The van der Waals surface area contributed by atoms with Gasteiger partial charge in [0.25, 0.3) is 0 Å². The van der Waals surface area contributed by atoms with Crippen LogP contribution in [0.15, 0.2) is 18.2 Å². The largest absolute Gasteiger partial charge is 0.490 e. The van der Waals surface area contributed by atoms with Gasteiger partial charge < -0.3 is 9.47 Å². The first kappa shape index (κ1) is 14.0. The second-order valence-electron chi connectivity index (χ2n) is 3.09. The number of methoxy groups -OCH3 is 1. The van der Waals surface area contributed by atoms with Crippen LogP contribution in [0.2, 0.25) is 0 Å². The maximum Gasteiger partial charge on any atom is 0.411 e. The van der Waals surface area contributed by atoms with Crippen LogP contribution in [-0.2, 0) is 4.74 Å². The van der Waals surface area contributed by atoms with Gasteiger partial charge in [-0.1, -0.05) is 0 Å². The van der Waals surface area contributed by atoms with Crippen molar-refractivity contribution >= 4 is 29.1 Å². The molecule has 1 aromatic rings. The lowest BCUT2D eigenvalue weighted by molar-refractivity contribution is -0.385. The Bertz CT molecular complexity index is 452. The molecule has 7 nitrogen and oxygen atoms in total. The van der Waals surface area contributed by atoms with E-state index in [1.807, 2.05) is 0 Å². The van der Waals surface area contributed by atoms with Crippen molar-refractivity contribution in [3.63, 3.8) is 0 Å². The molecule has 8 heteroatoms. The number of rotatable bonds is 5. The molecule has 1 amide bonds. The van der Waals surface area contributed by atoms with Crippen molar-refractivity contribution < 1.29 is 19.2 Å². The van der Waals surface area contributed by atoms with Crippen LogP contribution in [0.5, 0.6) is 5.75 Å². The number of nitrogens with zero attached hydrogens (tertiary/aromatic N) is 1. The minimum Gasteiger partial charge on any atom is -0.490 e. The molecular weight excluding hydrogens is 264 g/mol. The average Bonchev–Trinajstić information content (AvgIpc) is 2.36. The van der Waals surface area contributed by atoms with E-state index in [0.717, 1.165) is 0 Å². The number of amides is 1. The fraction of sp³-hybridized carbons (Fsp3) is 0.300. The lowest BCUT2D eigenvalue weighted by atomic mass is 10.2. The number of ether oxygens (including phenoxy) is 2. The second-order valence-corrected chi connectivity index (χ2v) is 3.47. The maximum atomic E-state index is 11.2. The van der Waals surface area contributed by atoms with Crippen molar-refractivity contribution in [3.05, 3.63) is 28.3 Å². The van der Waals surface area contributed by atoms with E-state index in [1.165, 1.54) is 25.3 Å². The lowest BCUT2D eigenvalue weighted by Crippen LogP contribution is -2.15. The van der Waals surface area contributed by atoms with Crippen LogP contribution in [0.25, 0.3) is 0 Å². The molecule has 0 aliphatic carbocycles. The number of benzene rings is 1. The Balaban J connectivity index is 2.82. The van der Waals surface area contributed by atoms with Crippen LogP contribution in [0.1, 0.15) is 0 Å². The highest BCUT2D eigenvalue weighted by Gasteiger charge is 2.16. The van der Waals surface area contributed by atoms with Gasteiger partial charge in [-0.05, 0) is 12.1 Å². The molecule has 1 rings (SSSR count). The van der Waals surface area contributed by atoms with Gasteiger partial charge in [-0.25, -0.2) is 4.79 Å². The molecule has 0 saturated heterocycles. The van der Waals surface area contributed by atoms with Crippen LogP contribution < -0.4 is 10.1 Å². The first-order valence-corrected chi connectivity index (χ1v) is 5.44. The average molecular weight is 275 g/mol. The maximum absolute atomic E-state index is 11.2. The number of carbonyl (C=O) groups is 1. The third-order valence-corrected chi connectivity index (χ3v) is 2.09. The zero-order valence-corrected chi connectivity index (χ0v) is 10.3. The summed E-state index contributed by atoms with van der Waals surface area (Å²) in [5.41, 5.74) is -0.00489. The highest BCUT2D eigenvalue weighted by Crippen LogP contribution is 2.29. The normalized spacial score (nSPS) is 9.67. The molecule has 0 aliphatic rings. The Labute approximate surface area is 108 Å². The Morgan fingerprint density at radius 3 is 2.83 bits per heavy atom. The molecule has 0 bridgehead atoms. The van der Waals surface area contributed by atoms with Crippen LogP contribution in [0, 0.1) is 10.1 Å². The van der Waals surface area contributed by atoms with Crippen molar-refractivity contribution in [1.29, 1.82) is 0 Å². The summed E-state index contributed by atoms with van der Waals surface area (Å²) in [6.07, 6.45) is -0.727. The fourth-order valence-electron chi connectivity index (χ4n) is 1.20. The van der Waals surface area contributed by atoms with Crippen molar-refractivity contribution in [3.8, 4) is 5.75 Å². The molecule has 0 unspecified atom stereocenters. The number of halogens is 1. The Morgan fingerprint density at radius 2 is 2.28 bits per heavy atom. The van der Waals surface area contributed by atoms with Gasteiger partial charge in [-0.15, -0.1) is 11.6 Å². The SMILES string of the molecule is COc1ccc(NC(=O)OCCCl)cc1[N+](=O)[O-]. The Kier molecular flexibility index (Phi) is 5.19. The summed E-state index contributed by atoms with van der Waals surface area (Å²) in [5, 5.41) is 13.1. The number of hydrogen-bond acceptors (Lipinski definition) is 5. The van der Waals surface area contributed by atoms with Gasteiger partial charge in [0.05, 0.1) is 23.6 Å². The summed E-state index contributed by atoms with van der Waals surface area (Å²) in [5.74, 6) is 0.288. The predicted molar refractivity (Wildman–Crippen MR) is 65.3 cm³/mol. The topological polar surface area (TPSA) is 90.7 Å². The van der Waals surface area contributed by atoms with E-state index < -0.39 is 11.0 Å². The number of hydrogen-bond donors (Lipinski definition) is 1. The minimum absolute atomic E-state index is 0.0611. The second kappa shape index (κ2) is 6.65. The van der Waals surface area contributed by atoms with E-state index in [2.05, 4.69) is 10.1 Å². The molecule has 0 aliphatic heterocycles. The van der Waals surface area contributed by atoms with Gasteiger partial charge in [0.1, 0.15) is 6.61 Å². The fourth-order valence-corrected chi connectivity index (χ4v) is 1.27. The number of nitrogens with one attached hydrogen (secondary N) is 1. The number of nitro benzene ring substituents is 1. The third kappa shape index (κ3) is 3.77. The van der Waals surface area contributed by atoms with Crippen LogP contribution in [-0.4, -0.2) is 30.6 Å². The van der Waals surface area contributed by atoms with Gasteiger partial charge in [-0.2, -0.15) is 0 Å². The van der Waals surface area contributed by atoms with Crippen molar-refractivity contribution in [2.75, 3.05) is 24.9 Å². The smallest absolute Gasteiger partial charge is 0.411 e. The van der Waals surface area contributed by atoms with Crippen molar-refractivity contribution in [1.82, 2.24) is 0 Å². The molecule has 0 heterocycles. The van der Waals surface area contributed by atoms with E-state index in [0.29, 0.717) is 0 Å². The Hall–Kier alpha value is -2.02. The Morgan fingerprint density at radius 1 is 1.56 bits per heavy atom. The third-order valence-electron chi connectivity index (χ3n) is 1.93. The lowest BCUT2D eigenvalue weighted by Gasteiger charge is -2.07. The highest BCUT2D eigenvalue weighted by atomic mass is 35.5. The summed E-state index contributed by atoms with van der Waals surface area (Å²) in [6.45, 7) is 0.0611. The zero-order valence-electron chi connectivity index (χ0n) is 9.51. The zero-order chi connectivity index (χ0) is 13.5. The van der Waals surface area contributed by atoms with Gasteiger partial charge >= 0.3 is 11.8 Å². The van der Waals surface area contributed by atoms with Gasteiger partial charge in [0.2, 0.25) is 0 Å². The van der Waals surface area contributed by atoms with E-state index >= 15 is 0 Å². The number of anilines is 1. The quantitative estimate of drug-likeness (QED) is 0.506. The molecule has 0 radical (unpaired) electrons. The van der Waals surface area contributed by atoms with E-state index in [1.54, 1.807) is 0 Å². The van der Waals surface area contributed by atoms with Crippen molar-refractivity contribution in [2.45, 2.75) is 0 Å². The number of alkyl halides is 1. The van der Waals surface area contributed by atoms with Crippen molar-refractivity contribution in [2.24, 2.45) is 0 Å². The minimum atomic E-state index is -0.727. The van der Waals surface area contributed by atoms with E-state index in [9.17, 15) is 14.9 Å². The first-order valence-electron chi connectivity index (χ1n) is 4.90. The van der Waals surface area contributed by atoms with Crippen LogP contribution in [0.3, 0.4) is 0 Å². The summed E-state index contributed by atoms with van der Waals surface area (Å²) in [4.78, 5) is 21.4. The first-order chi connectivity index (χ1) is 8.58. The van der Waals surface area contributed by atoms with Crippen LogP contribution in [0.4, 0.5) is 16.2 Å². The summed E-state index contributed by atoms with van der Waals surface area (Å²) in [7, 11) is 1.32. The standard InChI is InChI=1S/C10H11ClN2O5/c1-17-9-3-2-7(6-8(9)13(15)16)12-10(14)18-5-4-11/h2-3,6H,4-5H2,1H3,(H,12,14). The number of carbonyl (C=O) groups excluding carboxylic acids is 1. The molecule has 0 fully saturated rings. The molecule has 0 spiro atoms. The molecule has 0 aromatic heterocycles. The summed E-state index contributed by atoms with van der Waals surface area (Å²) in [6, 6.07) is 4.03. The summed E-state index contributed by atoms with van der Waals surface area (Å²) >= 11 is 5.34. The van der Waals surface area contributed by atoms with E-state index in [-0.39, 0.29) is 29.6 Å². The predicted octanol–water partition coefficient (Wildman–Crippen LogP) is 2.39. The molecule has 98 valence electrons. The van der Waals surface area contributed by atoms with Gasteiger partial charge in [-0.3, -0.25) is 15.4 Å². The van der Waals surface area contributed by atoms with E-state index in [4.69, 9.17) is 16.3 Å².